The lowest BCUT2D eigenvalue weighted by molar-refractivity contribution is -0.298. The number of ether oxygens (including phenoxy) is 2. The minimum atomic E-state index is -1.90. The second-order valence-electron chi connectivity index (χ2n) is 13.2. The van der Waals surface area contributed by atoms with Crippen LogP contribution in [0.25, 0.3) is 0 Å². The van der Waals surface area contributed by atoms with Gasteiger partial charge < -0.3 is 19.0 Å². The van der Waals surface area contributed by atoms with Crippen LogP contribution in [0, 0.1) is 40.9 Å². The number of aliphatic hydroxyl groups excluding tert-OH is 1. The SMILES string of the molecule is CC#CC[C@H](C)[C@H](O)/C=C/[C@@H]1[C@H]2CC3(C[C@H]2C[C@H]1O[Si](C)(C)C(C)(C)C)OCC(C)(C)CO3. The maximum absolute atomic E-state index is 10.8. The Bertz CT molecular complexity index is 759. The topological polar surface area (TPSA) is 47.9 Å². The standard InChI is InChI=1S/C28H48O4Si/c1-10-11-12-20(2)24(29)14-13-22-23-17-28(30-18-27(6,7)19-31-28)16-21(23)15-25(22)32-33(8,9)26(3,4)5/h13-14,20-25,29H,12,15-19H2,1-9H3/b14-13+/t20-,21+,22+,23-,24+,25+/m0/s1. The van der Waals surface area contributed by atoms with Gasteiger partial charge in [0.2, 0.25) is 0 Å². The van der Waals surface area contributed by atoms with Crippen molar-refractivity contribution in [3.63, 3.8) is 0 Å². The van der Waals surface area contributed by atoms with E-state index in [1.807, 2.05) is 13.0 Å². The van der Waals surface area contributed by atoms with Crippen LogP contribution in [0.1, 0.15) is 74.1 Å². The maximum Gasteiger partial charge on any atom is 0.192 e. The molecule has 3 rings (SSSR count). The van der Waals surface area contributed by atoms with E-state index in [2.05, 4.69) is 72.6 Å². The predicted molar refractivity (Wildman–Crippen MR) is 137 cm³/mol. The van der Waals surface area contributed by atoms with Gasteiger partial charge in [-0.25, -0.2) is 0 Å². The molecule has 1 saturated heterocycles. The van der Waals surface area contributed by atoms with Crippen LogP contribution in [0.15, 0.2) is 12.2 Å². The quantitative estimate of drug-likeness (QED) is 0.283. The first-order chi connectivity index (χ1) is 15.2. The van der Waals surface area contributed by atoms with Crippen LogP contribution < -0.4 is 0 Å². The molecule has 0 unspecified atom stereocenters. The van der Waals surface area contributed by atoms with Crippen LogP contribution in [-0.4, -0.2) is 44.6 Å². The van der Waals surface area contributed by atoms with E-state index in [9.17, 15) is 5.11 Å². The molecule has 188 valence electrons. The van der Waals surface area contributed by atoms with Crippen molar-refractivity contribution >= 4 is 8.32 Å². The van der Waals surface area contributed by atoms with Gasteiger partial charge in [-0.15, -0.1) is 11.8 Å². The Kier molecular flexibility index (Phi) is 7.99. The summed E-state index contributed by atoms with van der Waals surface area (Å²) in [5, 5.41) is 10.9. The largest absolute Gasteiger partial charge is 0.413 e. The molecule has 0 aromatic rings. The number of hydrogen-bond acceptors (Lipinski definition) is 4. The van der Waals surface area contributed by atoms with Gasteiger partial charge in [0.15, 0.2) is 14.1 Å². The Morgan fingerprint density at radius 1 is 1.18 bits per heavy atom. The third kappa shape index (κ3) is 6.14. The fourth-order valence-electron chi connectivity index (χ4n) is 5.34. The van der Waals surface area contributed by atoms with Crippen molar-refractivity contribution in [2.24, 2.45) is 29.1 Å². The van der Waals surface area contributed by atoms with E-state index in [0.717, 1.165) is 32.5 Å². The van der Waals surface area contributed by atoms with Gasteiger partial charge >= 0.3 is 0 Å². The molecular formula is C28H48O4Si. The molecule has 0 aromatic carbocycles. The van der Waals surface area contributed by atoms with Gasteiger partial charge in [-0.1, -0.05) is 53.7 Å². The zero-order chi connectivity index (χ0) is 24.7. The minimum absolute atomic E-state index is 0.0812. The Morgan fingerprint density at radius 3 is 2.39 bits per heavy atom. The lowest BCUT2D eigenvalue weighted by atomic mass is 9.89. The summed E-state index contributed by atoms with van der Waals surface area (Å²) in [6.07, 6.45) is 7.63. The number of rotatable bonds is 6. The van der Waals surface area contributed by atoms with Crippen molar-refractivity contribution in [3.8, 4) is 11.8 Å². The molecule has 2 aliphatic carbocycles. The van der Waals surface area contributed by atoms with Gasteiger partial charge in [-0.2, -0.15) is 0 Å². The van der Waals surface area contributed by atoms with Gasteiger partial charge in [-0.3, -0.25) is 0 Å². The smallest absolute Gasteiger partial charge is 0.192 e. The lowest BCUT2D eigenvalue weighted by Gasteiger charge is -2.43. The van der Waals surface area contributed by atoms with Crippen LogP contribution in [0.5, 0.6) is 0 Å². The molecule has 6 atom stereocenters. The molecular weight excluding hydrogens is 428 g/mol. The van der Waals surface area contributed by atoms with Crippen molar-refractivity contribution in [1.29, 1.82) is 0 Å². The zero-order valence-electron chi connectivity index (χ0n) is 22.5. The van der Waals surface area contributed by atoms with E-state index in [-0.39, 0.29) is 28.4 Å². The van der Waals surface area contributed by atoms with E-state index in [4.69, 9.17) is 13.9 Å². The van der Waals surface area contributed by atoms with Crippen LogP contribution >= 0.6 is 0 Å². The third-order valence-electron chi connectivity index (χ3n) is 8.60. The fraction of sp³-hybridized carbons (Fsp3) is 0.857. The first-order valence-electron chi connectivity index (χ1n) is 12.9. The summed E-state index contributed by atoms with van der Waals surface area (Å²) >= 11 is 0. The Balaban J connectivity index is 1.78. The molecule has 5 heteroatoms. The second-order valence-corrected chi connectivity index (χ2v) is 18.0. The van der Waals surface area contributed by atoms with Gasteiger partial charge in [-0.05, 0) is 49.2 Å². The first kappa shape index (κ1) is 27.0. The van der Waals surface area contributed by atoms with Crippen LogP contribution in [-0.2, 0) is 13.9 Å². The molecule has 4 nitrogen and oxygen atoms in total. The highest BCUT2D eigenvalue weighted by atomic mass is 28.4. The van der Waals surface area contributed by atoms with E-state index < -0.39 is 20.2 Å². The summed E-state index contributed by atoms with van der Waals surface area (Å²) in [7, 11) is -1.90. The predicted octanol–water partition coefficient (Wildman–Crippen LogP) is 6.16. The van der Waals surface area contributed by atoms with E-state index in [1.165, 1.54) is 0 Å². The van der Waals surface area contributed by atoms with Crippen LogP contribution in [0.3, 0.4) is 0 Å². The van der Waals surface area contributed by atoms with Crippen molar-refractivity contribution in [3.05, 3.63) is 12.2 Å². The minimum Gasteiger partial charge on any atom is -0.413 e. The molecule has 1 aliphatic heterocycles. The Labute approximate surface area is 204 Å². The average Bonchev–Trinajstić information content (AvgIpc) is 3.19. The molecule has 1 heterocycles. The van der Waals surface area contributed by atoms with Crippen LogP contribution in [0.4, 0.5) is 0 Å². The van der Waals surface area contributed by atoms with Crippen molar-refractivity contribution in [2.75, 3.05) is 13.2 Å². The molecule has 2 saturated carbocycles. The van der Waals surface area contributed by atoms with E-state index in [1.54, 1.807) is 0 Å². The summed E-state index contributed by atoms with van der Waals surface area (Å²) in [4.78, 5) is 0. The van der Waals surface area contributed by atoms with Gasteiger partial charge in [0.05, 0.1) is 25.4 Å². The van der Waals surface area contributed by atoms with Crippen molar-refractivity contribution in [2.45, 2.75) is 110 Å². The van der Waals surface area contributed by atoms with E-state index >= 15 is 0 Å². The fourth-order valence-corrected chi connectivity index (χ4v) is 6.70. The molecule has 1 spiro atoms. The number of fused-ring (bicyclic) bond motifs is 1. The Hall–Kier alpha value is -0.643. The maximum atomic E-state index is 10.8. The van der Waals surface area contributed by atoms with Gasteiger partial charge in [0.25, 0.3) is 0 Å². The molecule has 0 radical (unpaired) electrons. The zero-order valence-corrected chi connectivity index (χ0v) is 23.5. The molecule has 33 heavy (non-hydrogen) atoms. The highest BCUT2D eigenvalue weighted by Crippen LogP contribution is 2.57. The molecule has 3 aliphatic rings. The number of aliphatic hydroxyl groups is 1. The van der Waals surface area contributed by atoms with Gasteiger partial charge in [0, 0.05) is 30.6 Å². The summed E-state index contributed by atoms with van der Waals surface area (Å²) in [6, 6.07) is 0. The first-order valence-corrected chi connectivity index (χ1v) is 15.8. The lowest BCUT2D eigenvalue weighted by Crippen LogP contribution is -2.47. The average molecular weight is 477 g/mol. The molecule has 0 amide bonds. The summed E-state index contributed by atoms with van der Waals surface area (Å²) in [5.74, 6) is 7.02. The third-order valence-corrected chi connectivity index (χ3v) is 13.1. The molecule has 3 fully saturated rings. The van der Waals surface area contributed by atoms with E-state index in [0.29, 0.717) is 18.3 Å². The second kappa shape index (κ2) is 9.78. The number of hydrogen-bond donors (Lipinski definition) is 1. The van der Waals surface area contributed by atoms with Gasteiger partial charge in [0.1, 0.15) is 0 Å². The highest BCUT2D eigenvalue weighted by molar-refractivity contribution is 6.74. The Morgan fingerprint density at radius 2 is 1.82 bits per heavy atom. The molecule has 0 bridgehead atoms. The monoisotopic (exact) mass is 476 g/mol. The molecule has 0 aromatic heterocycles. The summed E-state index contributed by atoms with van der Waals surface area (Å²) in [5.41, 5.74) is 0.0812. The van der Waals surface area contributed by atoms with Crippen LogP contribution in [0.2, 0.25) is 18.1 Å². The van der Waals surface area contributed by atoms with Crippen molar-refractivity contribution < 1.29 is 19.0 Å². The summed E-state index contributed by atoms with van der Waals surface area (Å²) in [6.45, 7) is 21.4. The van der Waals surface area contributed by atoms with Crippen molar-refractivity contribution in [1.82, 2.24) is 0 Å². The molecule has 1 N–H and O–H groups in total. The highest BCUT2D eigenvalue weighted by Gasteiger charge is 2.58. The summed E-state index contributed by atoms with van der Waals surface area (Å²) < 4.78 is 19.7. The normalized spacial score (nSPS) is 33.0.